The Morgan fingerprint density at radius 3 is 2.48 bits per heavy atom. The molecule has 1 atom stereocenters. The lowest BCUT2D eigenvalue weighted by molar-refractivity contribution is -0.117. The lowest BCUT2D eigenvalue weighted by atomic mass is 10.1. The molecule has 1 heterocycles. The van der Waals surface area contributed by atoms with Gasteiger partial charge in [-0.2, -0.15) is 0 Å². The molecule has 1 amide bonds. The first-order valence-corrected chi connectivity index (χ1v) is 10.8. The van der Waals surface area contributed by atoms with Crippen LogP contribution >= 0.6 is 23.2 Å². The molecule has 3 rings (SSSR count). The molecule has 0 saturated carbocycles. The number of primary amides is 1. The number of piperazine rings is 1. The summed E-state index contributed by atoms with van der Waals surface area (Å²) >= 11 is 12.1. The average Bonchev–Trinajstić information content (AvgIpc) is 2.72. The second kappa shape index (κ2) is 11.1. The Hall–Kier alpha value is -1.90. The maximum Gasteiger partial charge on any atom is 0.221 e. The molecule has 2 aromatic rings. The van der Waals surface area contributed by atoms with E-state index in [2.05, 4.69) is 9.80 Å². The van der Waals surface area contributed by atoms with Crippen LogP contribution in [0.15, 0.2) is 36.4 Å². The number of hydrogen-bond donors (Lipinski definition) is 2. The van der Waals surface area contributed by atoms with E-state index < -0.39 is 17.8 Å². The van der Waals surface area contributed by atoms with E-state index in [-0.39, 0.29) is 18.8 Å². The van der Waals surface area contributed by atoms with E-state index in [0.717, 1.165) is 38.3 Å². The number of nitrogens with zero attached hydrogens (tertiary/aromatic N) is 2. The van der Waals surface area contributed by atoms with Gasteiger partial charge in [-0.05, 0) is 23.8 Å². The summed E-state index contributed by atoms with van der Waals surface area (Å²) in [6.45, 7) is 4.58. The summed E-state index contributed by atoms with van der Waals surface area (Å²) in [7, 11) is 0. The molecular formula is C22H26Cl2FN3O3. The van der Waals surface area contributed by atoms with Gasteiger partial charge in [0.1, 0.15) is 24.3 Å². The second-order valence-electron chi connectivity index (χ2n) is 7.69. The van der Waals surface area contributed by atoms with Crippen molar-refractivity contribution < 1.29 is 19.0 Å². The van der Waals surface area contributed by atoms with Crippen LogP contribution in [0.5, 0.6) is 5.75 Å². The summed E-state index contributed by atoms with van der Waals surface area (Å²) < 4.78 is 19.1. The zero-order valence-corrected chi connectivity index (χ0v) is 18.6. The minimum Gasteiger partial charge on any atom is -0.490 e. The summed E-state index contributed by atoms with van der Waals surface area (Å²) in [6, 6.07) is 9.58. The minimum atomic E-state index is -0.744. The second-order valence-corrected chi connectivity index (χ2v) is 8.50. The van der Waals surface area contributed by atoms with Crippen molar-refractivity contribution in [3.05, 3.63) is 63.4 Å². The van der Waals surface area contributed by atoms with Gasteiger partial charge in [-0.1, -0.05) is 35.3 Å². The number of benzene rings is 2. The van der Waals surface area contributed by atoms with Gasteiger partial charge in [-0.3, -0.25) is 14.6 Å². The van der Waals surface area contributed by atoms with Crippen LogP contribution in [0.25, 0.3) is 0 Å². The van der Waals surface area contributed by atoms with Gasteiger partial charge in [0.25, 0.3) is 0 Å². The first-order chi connectivity index (χ1) is 14.8. The molecule has 0 radical (unpaired) electrons. The van der Waals surface area contributed by atoms with Gasteiger partial charge in [-0.15, -0.1) is 0 Å². The van der Waals surface area contributed by atoms with Crippen molar-refractivity contribution in [1.82, 2.24) is 9.80 Å². The third-order valence-corrected chi connectivity index (χ3v) is 5.89. The van der Waals surface area contributed by atoms with E-state index >= 15 is 0 Å². The number of aliphatic hydroxyl groups is 1. The molecule has 0 bridgehead atoms. The molecule has 31 heavy (non-hydrogen) atoms. The van der Waals surface area contributed by atoms with Gasteiger partial charge in [0.2, 0.25) is 5.91 Å². The van der Waals surface area contributed by atoms with Crippen molar-refractivity contribution in [2.24, 2.45) is 5.73 Å². The molecule has 1 fully saturated rings. The van der Waals surface area contributed by atoms with E-state index in [4.69, 9.17) is 33.7 Å². The summed E-state index contributed by atoms with van der Waals surface area (Å²) in [6.07, 6.45) is -0.793. The van der Waals surface area contributed by atoms with Crippen molar-refractivity contribution in [2.45, 2.75) is 19.1 Å². The zero-order chi connectivity index (χ0) is 22.4. The maximum absolute atomic E-state index is 13.5. The fourth-order valence-electron chi connectivity index (χ4n) is 3.56. The summed E-state index contributed by atoms with van der Waals surface area (Å²) in [5, 5.41) is 11.5. The molecule has 6 nitrogen and oxygen atoms in total. The number of carbonyl (C=O) groups excluding carboxylic acids is 1. The third kappa shape index (κ3) is 7.33. The molecule has 1 saturated heterocycles. The van der Waals surface area contributed by atoms with E-state index in [1.807, 2.05) is 12.1 Å². The predicted molar refractivity (Wildman–Crippen MR) is 119 cm³/mol. The van der Waals surface area contributed by atoms with Crippen LogP contribution in [-0.2, 0) is 17.8 Å². The fourth-order valence-corrected chi connectivity index (χ4v) is 3.88. The number of rotatable bonds is 9. The monoisotopic (exact) mass is 469 g/mol. The lowest BCUT2D eigenvalue weighted by Gasteiger charge is -2.35. The van der Waals surface area contributed by atoms with E-state index in [9.17, 15) is 14.3 Å². The fraction of sp³-hybridized carbons (Fsp3) is 0.409. The highest BCUT2D eigenvalue weighted by Crippen LogP contribution is 2.24. The van der Waals surface area contributed by atoms with Crippen LogP contribution in [0, 0.1) is 5.82 Å². The maximum atomic E-state index is 13.5. The first-order valence-electron chi connectivity index (χ1n) is 10.1. The summed E-state index contributed by atoms with van der Waals surface area (Å²) in [4.78, 5) is 15.7. The highest BCUT2D eigenvalue weighted by Gasteiger charge is 2.20. The molecule has 0 aliphatic carbocycles. The Balaban J connectivity index is 1.44. The van der Waals surface area contributed by atoms with Gasteiger partial charge in [0.15, 0.2) is 0 Å². The number of aliphatic hydroxyl groups excluding tert-OH is 1. The lowest BCUT2D eigenvalue weighted by Crippen LogP contribution is -2.48. The summed E-state index contributed by atoms with van der Waals surface area (Å²) in [5.41, 5.74) is 6.83. The number of nitrogens with two attached hydrogens (primary N) is 1. The molecule has 3 N–H and O–H groups in total. The third-order valence-electron chi connectivity index (χ3n) is 5.15. The van der Waals surface area contributed by atoms with Gasteiger partial charge < -0.3 is 15.6 Å². The van der Waals surface area contributed by atoms with Crippen LogP contribution in [0.1, 0.15) is 11.1 Å². The van der Waals surface area contributed by atoms with Crippen molar-refractivity contribution in [1.29, 1.82) is 0 Å². The number of halogens is 3. The zero-order valence-electron chi connectivity index (χ0n) is 17.1. The van der Waals surface area contributed by atoms with Crippen molar-refractivity contribution in [2.75, 3.05) is 39.3 Å². The molecule has 0 aromatic heterocycles. The number of ether oxygens (including phenoxy) is 1. The van der Waals surface area contributed by atoms with Crippen LogP contribution < -0.4 is 10.5 Å². The van der Waals surface area contributed by atoms with Gasteiger partial charge >= 0.3 is 0 Å². The Labute approximate surface area is 191 Å². The molecule has 0 spiro atoms. The highest BCUT2D eigenvalue weighted by molar-refractivity contribution is 6.42. The number of carbonyl (C=O) groups is 1. The molecule has 168 valence electrons. The topological polar surface area (TPSA) is 79.0 Å². The number of β-amino-alcohol motifs (C(OH)–C–C–N with tert-alkyl or cyclic N) is 1. The Kier molecular flexibility index (Phi) is 8.51. The van der Waals surface area contributed by atoms with Gasteiger partial charge in [-0.25, -0.2) is 4.39 Å². The van der Waals surface area contributed by atoms with Crippen molar-refractivity contribution in [3.8, 4) is 5.75 Å². The first kappa shape index (κ1) is 23.8. The van der Waals surface area contributed by atoms with E-state index in [1.54, 1.807) is 6.07 Å². The van der Waals surface area contributed by atoms with Gasteiger partial charge in [0.05, 0.1) is 16.5 Å². The van der Waals surface area contributed by atoms with Crippen LogP contribution in [0.2, 0.25) is 10.0 Å². The molecular weight excluding hydrogens is 444 g/mol. The van der Waals surface area contributed by atoms with Crippen molar-refractivity contribution >= 4 is 29.1 Å². The predicted octanol–water partition coefficient (Wildman–Crippen LogP) is 2.72. The summed E-state index contributed by atoms with van der Waals surface area (Å²) in [5.74, 6) is -0.782. The van der Waals surface area contributed by atoms with Crippen LogP contribution in [-0.4, -0.2) is 66.2 Å². The Bertz CT molecular complexity index is 908. The highest BCUT2D eigenvalue weighted by atomic mass is 35.5. The number of amides is 1. The average molecular weight is 470 g/mol. The molecule has 2 aromatic carbocycles. The molecule has 1 aliphatic rings. The normalized spacial score (nSPS) is 16.3. The molecule has 1 unspecified atom stereocenters. The Morgan fingerprint density at radius 1 is 1.10 bits per heavy atom. The minimum absolute atomic E-state index is 0.00129. The molecule has 1 aliphatic heterocycles. The van der Waals surface area contributed by atoms with Crippen LogP contribution in [0.3, 0.4) is 0 Å². The van der Waals surface area contributed by atoms with E-state index in [1.165, 1.54) is 18.2 Å². The SMILES string of the molecule is NC(=O)Cc1ccc(F)cc1OCC(O)CN1CCN(Cc2ccc(Cl)c(Cl)c2)CC1. The van der Waals surface area contributed by atoms with Gasteiger partial charge in [0, 0.05) is 50.9 Å². The number of hydrogen-bond acceptors (Lipinski definition) is 5. The van der Waals surface area contributed by atoms with Crippen molar-refractivity contribution in [3.63, 3.8) is 0 Å². The van der Waals surface area contributed by atoms with Crippen LogP contribution in [0.4, 0.5) is 4.39 Å². The largest absolute Gasteiger partial charge is 0.490 e. The van der Waals surface area contributed by atoms with E-state index in [0.29, 0.717) is 22.2 Å². The Morgan fingerprint density at radius 2 is 1.81 bits per heavy atom. The molecule has 9 heteroatoms. The standard InChI is InChI=1S/C22H26Cl2FN3O3/c23-19-4-1-15(9-20(19)24)12-27-5-7-28(8-6-27)13-18(29)14-31-21-11-17(25)3-2-16(21)10-22(26)30/h1-4,9,11,18,29H,5-8,10,12-14H2,(H2,26,30). The quantitative estimate of drug-likeness (QED) is 0.590. The smallest absolute Gasteiger partial charge is 0.221 e.